The number of nitrogens with one attached hydrogen (secondary N) is 1. The van der Waals surface area contributed by atoms with Gasteiger partial charge in [-0.1, -0.05) is 15.9 Å². The molecule has 1 aromatic carbocycles. The molecule has 0 bridgehead atoms. The van der Waals surface area contributed by atoms with Gasteiger partial charge in [-0.3, -0.25) is 4.79 Å². The molecule has 9 heteroatoms. The molecule has 0 heterocycles. The van der Waals surface area contributed by atoms with Crippen LogP contribution in [0.1, 0.15) is 5.56 Å². The van der Waals surface area contributed by atoms with E-state index in [0.717, 1.165) is 0 Å². The number of carbonyl (C=O) groups excluding carboxylic acids is 1. The van der Waals surface area contributed by atoms with E-state index in [4.69, 9.17) is 9.84 Å². The number of amides is 1. The first-order valence-electron chi connectivity index (χ1n) is 5.17. The SMILES string of the molecule is O=C(O)COc1cc(Br)cc(CNC(=O)C(F)(F)F)c1. The summed E-state index contributed by atoms with van der Waals surface area (Å²) in [7, 11) is 0. The Bertz CT molecular complexity index is 519. The van der Waals surface area contributed by atoms with E-state index >= 15 is 0 Å². The van der Waals surface area contributed by atoms with Gasteiger partial charge < -0.3 is 15.2 Å². The van der Waals surface area contributed by atoms with Gasteiger partial charge in [0.1, 0.15) is 5.75 Å². The maximum atomic E-state index is 12.0. The minimum Gasteiger partial charge on any atom is -0.482 e. The quantitative estimate of drug-likeness (QED) is 0.847. The van der Waals surface area contributed by atoms with E-state index in [1.807, 2.05) is 0 Å². The number of carboxylic acids is 1. The molecule has 0 atom stereocenters. The summed E-state index contributed by atoms with van der Waals surface area (Å²) in [5.74, 6) is -3.07. The number of rotatable bonds is 5. The van der Waals surface area contributed by atoms with Crippen molar-refractivity contribution in [3.63, 3.8) is 0 Å². The minimum atomic E-state index is -4.95. The molecule has 0 aliphatic carbocycles. The van der Waals surface area contributed by atoms with Crippen LogP contribution in [0.4, 0.5) is 13.2 Å². The Morgan fingerprint density at radius 1 is 1.30 bits per heavy atom. The van der Waals surface area contributed by atoms with Gasteiger partial charge in [-0.15, -0.1) is 0 Å². The Kier molecular flexibility index (Phi) is 5.37. The van der Waals surface area contributed by atoms with Gasteiger partial charge >= 0.3 is 18.1 Å². The molecule has 1 aromatic rings. The van der Waals surface area contributed by atoms with E-state index < -0.39 is 24.7 Å². The fraction of sp³-hybridized carbons (Fsp3) is 0.273. The van der Waals surface area contributed by atoms with Crippen molar-refractivity contribution in [2.75, 3.05) is 6.61 Å². The normalized spacial score (nSPS) is 11.0. The molecule has 0 aliphatic rings. The Morgan fingerprint density at radius 2 is 1.95 bits per heavy atom. The van der Waals surface area contributed by atoms with Crippen LogP contribution in [0.2, 0.25) is 0 Å². The first-order chi connectivity index (χ1) is 9.18. The first-order valence-corrected chi connectivity index (χ1v) is 5.97. The maximum Gasteiger partial charge on any atom is 0.471 e. The second-order valence-electron chi connectivity index (χ2n) is 3.66. The van der Waals surface area contributed by atoms with E-state index in [1.54, 1.807) is 5.32 Å². The summed E-state index contributed by atoms with van der Waals surface area (Å²) in [6.07, 6.45) is -4.95. The molecule has 110 valence electrons. The average Bonchev–Trinajstić information content (AvgIpc) is 2.31. The zero-order valence-corrected chi connectivity index (χ0v) is 11.4. The monoisotopic (exact) mass is 355 g/mol. The van der Waals surface area contributed by atoms with Gasteiger partial charge in [0.15, 0.2) is 6.61 Å². The lowest BCUT2D eigenvalue weighted by Crippen LogP contribution is -2.36. The molecule has 1 amide bonds. The van der Waals surface area contributed by atoms with Crippen LogP contribution >= 0.6 is 15.9 Å². The van der Waals surface area contributed by atoms with Gasteiger partial charge in [-0.05, 0) is 23.8 Å². The number of hydrogen-bond acceptors (Lipinski definition) is 3. The average molecular weight is 356 g/mol. The number of alkyl halides is 3. The van der Waals surface area contributed by atoms with Crippen molar-refractivity contribution >= 4 is 27.8 Å². The van der Waals surface area contributed by atoms with Crippen molar-refractivity contribution in [3.05, 3.63) is 28.2 Å². The third-order valence-electron chi connectivity index (χ3n) is 2.00. The number of halogens is 4. The van der Waals surface area contributed by atoms with E-state index in [9.17, 15) is 22.8 Å². The van der Waals surface area contributed by atoms with Crippen molar-refractivity contribution in [3.8, 4) is 5.75 Å². The third-order valence-corrected chi connectivity index (χ3v) is 2.46. The Labute approximate surface area is 119 Å². The fourth-order valence-electron chi connectivity index (χ4n) is 1.23. The minimum absolute atomic E-state index is 0.165. The first kappa shape index (κ1) is 16.3. The second-order valence-corrected chi connectivity index (χ2v) is 4.57. The molecule has 2 N–H and O–H groups in total. The summed E-state index contributed by atoms with van der Waals surface area (Å²) in [5, 5.41) is 10.2. The van der Waals surface area contributed by atoms with Crippen LogP contribution in [-0.4, -0.2) is 29.8 Å². The highest BCUT2D eigenvalue weighted by Gasteiger charge is 2.38. The Morgan fingerprint density at radius 3 is 2.50 bits per heavy atom. The summed E-state index contributed by atoms with van der Waals surface area (Å²) in [5.41, 5.74) is 0.331. The number of ether oxygens (including phenoxy) is 1. The number of carboxylic acid groups (broad SMARTS) is 1. The number of benzene rings is 1. The van der Waals surface area contributed by atoms with E-state index in [0.29, 0.717) is 10.0 Å². The summed E-state index contributed by atoms with van der Waals surface area (Å²) in [6.45, 7) is -0.938. The van der Waals surface area contributed by atoms with Crippen molar-refractivity contribution < 1.29 is 32.6 Å². The Balaban J connectivity index is 2.71. The molecule has 0 saturated heterocycles. The number of aliphatic carboxylic acids is 1. The van der Waals surface area contributed by atoms with Gasteiger partial charge in [0.25, 0.3) is 0 Å². The van der Waals surface area contributed by atoms with Crippen LogP contribution < -0.4 is 10.1 Å². The van der Waals surface area contributed by atoms with E-state index in [1.165, 1.54) is 18.2 Å². The molecule has 5 nitrogen and oxygen atoms in total. The van der Waals surface area contributed by atoms with Crippen LogP contribution in [0.5, 0.6) is 5.75 Å². The molecular formula is C11H9BrF3NO4. The summed E-state index contributed by atoms with van der Waals surface area (Å²) < 4.78 is 41.4. The van der Waals surface area contributed by atoms with Gasteiger partial charge in [0.2, 0.25) is 0 Å². The lowest BCUT2D eigenvalue weighted by molar-refractivity contribution is -0.173. The van der Waals surface area contributed by atoms with E-state index in [2.05, 4.69) is 15.9 Å². The zero-order valence-electron chi connectivity index (χ0n) is 9.83. The van der Waals surface area contributed by atoms with Crippen LogP contribution in [-0.2, 0) is 16.1 Å². The predicted molar refractivity (Wildman–Crippen MR) is 65.2 cm³/mol. The van der Waals surface area contributed by atoms with Crippen molar-refractivity contribution in [1.29, 1.82) is 0 Å². The molecule has 0 fully saturated rings. The molecule has 0 unspecified atom stereocenters. The predicted octanol–water partition coefficient (Wildman–Crippen LogP) is 2.09. The highest BCUT2D eigenvalue weighted by Crippen LogP contribution is 2.22. The van der Waals surface area contributed by atoms with Gasteiger partial charge in [0.05, 0.1) is 0 Å². The van der Waals surface area contributed by atoms with Crippen LogP contribution in [0.3, 0.4) is 0 Å². The highest BCUT2D eigenvalue weighted by molar-refractivity contribution is 9.10. The molecule has 0 aliphatic heterocycles. The van der Waals surface area contributed by atoms with Crippen LogP contribution in [0, 0.1) is 0 Å². The second kappa shape index (κ2) is 6.60. The zero-order chi connectivity index (χ0) is 15.3. The fourth-order valence-corrected chi connectivity index (χ4v) is 1.75. The highest BCUT2D eigenvalue weighted by atomic mass is 79.9. The lowest BCUT2D eigenvalue weighted by Gasteiger charge is -2.10. The summed E-state index contributed by atoms with van der Waals surface area (Å²) >= 11 is 3.10. The van der Waals surface area contributed by atoms with Crippen LogP contribution in [0.15, 0.2) is 22.7 Å². The van der Waals surface area contributed by atoms with E-state index in [-0.39, 0.29) is 12.3 Å². The topological polar surface area (TPSA) is 75.6 Å². The molecule has 0 spiro atoms. The molecule has 0 saturated carbocycles. The molecule has 1 rings (SSSR count). The molecule has 20 heavy (non-hydrogen) atoms. The molecular weight excluding hydrogens is 347 g/mol. The molecule has 0 radical (unpaired) electrons. The smallest absolute Gasteiger partial charge is 0.471 e. The maximum absolute atomic E-state index is 12.0. The van der Waals surface area contributed by atoms with Crippen molar-refractivity contribution in [2.45, 2.75) is 12.7 Å². The van der Waals surface area contributed by atoms with Gasteiger partial charge in [-0.2, -0.15) is 13.2 Å². The lowest BCUT2D eigenvalue weighted by atomic mass is 10.2. The summed E-state index contributed by atoms with van der Waals surface area (Å²) in [6, 6.07) is 4.27. The number of hydrogen-bond donors (Lipinski definition) is 2. The van der Waals surface area contributed by atoms with Crippen molar-refractivity contribution in [2.24, 2.45) is 0 Å². The van der Waals surface area contributed by atoms with Crippen LogP contribution in [0.25, 0.3) is 0 Å². The standard InChI is InChI=1S/C11H9BrF3NO4/c12-7-1-6(4-16-10(19)11(13,14)15)2-8(3-7)20-5-9(17)18/h1-3H,4-5H2,(H,16,19)(H,17,18). The molecule has 0 aromatic heterocycles. The van der Waals surface area contributed by atoms with Gasteiger partial charge in [0, 0.05) is 11.0 Å². The van der Waals surface area contributed by atoms with Gasteiger partial charge in [-0.25, -0.2) is 4.79 Å². The third kappa shape index (κ3) is 5.47. The number of carbonyl (C=O) groups is 2. The van der Waals surface area contributed by atoms with Crippen molar-refractivity contribution in [1.82, 2.24) is 5.32 Å². The largest absolute Gasteiger partial charge is 0.482 e. The summed E-state index contributed by atoms with van der Waals surface area (Å²) in [4.78, 5) is 21.0. The Hall–Kier alpha value is -1.77.